The number of benzene rings is 3. The van der Waals surface area contributed by atoms with Gasteiger partial charge in [-0.1, -0.05) is 36.4 Å². The second-order valence-electron chi connectivity index (χ2n) is 9.84. The highest BCUT2D eigenvalue weighted by Gasteiger charge is 2.70. The summed E-state index contributed by atoms with van der Waals surface area (Å²) in [6.07, 6.45) is 2.43. The molecule has 3 N–H and O–H groups in total. The number of carbonyl (C=O) groups excluding carboxylic acids is 3. The maximum atomic E-state index is 14.1. The second-order valence-corrected chi connectivity index (χ2v) is 9.84. The van der Waals surface area contributed by atoms with Crippen LogP contribution in [0, 0.1) is 11.8 Å². The van der Waals surface area contributed by atoms with Crippen molar-refractivity contribution in [1.82, 2.24) is 10.3 Å². The molecule has 3 aromatic carbocycles. The first-order valence-electron chi connectivity index (χ1n) is 12.3. The van der Waals surface area contributed by atoms with Crippen LogP contribution in [0.5, 0.6) is 5.75 Å². The van der Waals surface area contributed by atoms with Gasteiger partial charge in [-0.3, -0.25) is 19.7 Å². The zero-order valence-corrected chi connectivity index (χ0v) is 20.0. The molecule has 8 heteroatoms. The molecule has 2 fully saturated rings. The quantitative estimate of drug-likeness (QED) is 0.379. The summed E-state index contributed by atoms with van der Waals surface area (Å²) < 4.78 is 5.25. The van der Waals surface area contributed by atoms with Crippen LogP contribution in [-0.2, 0) is 26.3 Å². The molecule has 0 radical (unpaired) electrons. The second kappa shape index (κ2) is 7.78. The smallest absolute Gasteiger partial charge is 0.250 e. The highest BCUT2D eigenvalue weighted by atomic mass is 16.5. The van der Waals surface area contributed by atoms with Crippen LogP contribution < -0.4 is 20.3 Å². The van der Waals surface area contributed by atoms with E-state index < -0.39 is 23.4 Å². The molecule has 0 bridgehead atoms. The van der Waals surface area contributed by atoms with E-state index in [1.807, 2.05) is 54.7 Å². The van der Waals surface area contributed by atoms with Crippen molar-refractivity contribution in [3.8, 4) is 5.75 Å². The Balaban J connectivity index is 1.36. The van der Waals surface area contributed by atoms with Crippen molar-refractivity contribution in [2.24, 2.45) is 11.8 Å². The molecule has 37 heavy (non-hydrogen) atoms. The Bertz CT molecular complexity index is 1590. The third-order valence-electron chi connectivity index (χ3n) is 8.07. The van der Waals surface area contributed by atoms with Crippen LogP contribution in [0.4, 0.5) is 11.4 Å². The highest BCUT2D eigenvalue weighted by molar-refractivity contribution is 6.25. The van der Waals surface area contributed by atoms with E-state index in [9.17, 15) is 14.4 Å². The van der Waals surface area contributed by atoms with E-state index in [0.717, 1.165) is 16.5 Å². The number of hydrogen-bond donors (Lipinski definition) is 3. The van der Waals surface area contributed by atoms with E-state index in [4.69, 9.17) is 4.74 Å². The number of aromatic amines is 1. The number of amides is 3. The van der Waals surface area contributed by atoms with E-state index in [-0.39, 0.29) is 17.7 Å². The third kappa shape index (κ3) is 2.90. The van der Waals surface area contributed by atoms with Crippen molar-refractivity contribution in [3.63, 3.8) is 0 Å². The van der Waals surface area contributed by atoms with Crippen molar-refractivity contribution in [1.29, 1.82) is 0 Å². The Morgan fingerprint density at radius 3 is 2.49 bits per heavy atom. The van der Waals surface area contributed by atoms with Gasteiger partial charge in [0.15, 0.2) is 0 Å². The van der Waals surface area contributed by atoms with E-state index in [2.05, 4.69) is 15.6 Å². The average molecular weight is 493 g/mol. The Kier molecular flexibility index (Phi) is 4.59. The number of fused-ring (bicyclic) bond motifs is 5. The molecule has 4 heterocycles. The minimum absolute atomic E-state index is 0.299. The summed E-state index contributed by atoms with van der Waals surface area (Å²) in [6, 6.07) is 21.8. The Morgan fingerprint density at radius 1 is 0.919 bits per heavy atom. The van der Waals surface area contributed by atoms with Crippen LogP contribution in [0.25, 0.3) is 10.9 Å². The van der Waals surface area contributed by atoms with Gasteiger partial charge in [0.1, 0.15) is 11.3 Å². The molecular formula is C29H24N4O4. The van der Waals surface area contributed by atoms with Gasteiger partial charge in [0.2, 0.25) is 17.7 Å². The summed E-state index contributed by atoms with van der Waals surface area (Å²) in [5.74, 6) is -1.93. The number of aromatic nitrogens is 1. The highest BCUT2D eigenvalue weighted by Crippen LogP contribution is 2.54. The Morgan fingerprint density at radius 2 is 1.68 bits per heavy atom. The minimum Gasteiger partial charge on any atom is -0.497 e. The maximum Gasteiger partial charge on any atom is 0.250 e. The fourth-order valence-electron chi connectivity index (χ4n) is 6.46. The van der Waals surface area contributed by atoms with Crippen molar-refractivity contribution in [3.05, 3.63) is 90.1 Å². The number of methoxy groups -OCH3 is 1. The number of rotatable bonds is 4. The molecular weight excluding hydrogens is 468 g/mol. The number of H-pyrrole nitrogens is 1. The van der Waals surface area contributed by atoms with Gasteiger partial charge in [-0.2, -0.15) is 0 Å². The van der Waals surface area contributed by atoms with E-state index >= 15 is 0 Å². The molecule has 0 saturated carbocycles. The predicted molar refractivity (Wildman–Crippen MR) is 138 cm³/mol. The fourth-order valence-corrected chi connectivity index (χ4v) is 6.46. The first-order chi connectivity index (χ1) is 18.0. The van der Waals surface area contributed by atoms with Gasteiger partial charge in [-0.15, -0.1) is 0 Å². The van der Waals surface area contributed by atoms with Crippen LogP contribution in [-0.4, -0.2) is 35.9 Å². The molecule has 184 valence electrons. The molecule has 4 aromatic rings. The van der Waals surface area contributed by atoms with Crippen LogP contribution in [0.1, 0.15) is 11.1 Å². The molecule has 3 aliphatic heterocycles. The molecule has 8 nitrogen and oxygen atoms in total. The maximum absolute atomic E-state index is 14.1. The summed E-state index contributed by atoms with van der Waals surface area (Å²) in [5.41, 5.74) is 2.53. The SMILES string of the molecule is COc1ccc(N2C(=O)[C@H]3[C@H](Cc4c[nH]c5ccccc45)N[C@]4(C(=O)Nc5ccccc54)[C@@H]3C2=O)cc1. The lowest BCUT2D eigenvalue weighted by Crippen LogP contribution is -2.53. The van der Waals surface area contributed by atoms with Gasteiger partial charge >= 0.3 is 0 Å². The average Bonchev–Trinajstić information content (AvgIpc) is 3.63. The van der Waals surface area contributed by atoms with E-state index in [1.54, 1.807) is 31.4 Å². The standard InChI is InChI=1S/C29H24N4O4/c1-37-18-12-10-17(11-13-18)33-26(34)24-23(14-16-15-30-21-8-4-2-6-19(16)21)32-29(25(24)27(33)35)20-7-3-5-9-22(20)31-28(29)36/h2-13,15,23-25,30,32H,14H2,1H3,(H,31,36)/t23-,24-,25-,29-/m0/s1. The third-order valence-corrected chi connectivity index (χ3v) is 8.07. The van der Waals surface area contributed by atoms with Gasteiger partial charge in [0.25, 0.3) is 0 Å². The van der Waals surface area contributed by atoms with Crippen molar-refractivity contribution >= 4 is 40.0 Å². The molecule has 2 saturated heterocycles. The lowest BCUT2D eigenvalue weighted by molar-refractivity contribution is -0.130. The van der Waals surface area contributed by atoms with Gasteiger partial charge in [0.05, 0.1) is 24.6 Å². The molecule has 4 atom stereocenters. The van der Waals surface area contributed by atoms with Gasteiger partial charge in [-0.25, -0.2) is 4.90 Å². The zero-order valence-electron chi connectivity index (χ0n) is 20.0. The molecule has 0 unspecified atom stereocenters. The Labute approximate surface area is 212 Å². The van der Waals surface area contributed by atoms with Crippen LogP contribution in [0.3, 0.4) is 0 Å². The largest absolute Gasteiger partial charge is 0.497 e. The molecule has 7 rings (SSSR count). The number of carbonyl (C=O) groups is 3. The first kappa shape index (κ1) is 21.8. The Hall–Kier alpha value is -4.43. The topological polar surface area (TPSA) is 104 Å². The summed E-state index contributed by atoms with van der Waals surface area (Å²) in [6.45, 7) is 0. The molecule has 1 aromatic heterocycles. The number of nitrogens with zero attached hydrogens (tertiary/aromatic N) is 1. The normalized spacial score (nSPS) is 26.1. The predicted octanol–water partition coefficient (Wildman–Crippen LogP) is 3.34. The fraction of sp³-hybridized carbons (Fsp3) is 0.207. The van der Waals surface area contributed by atoms with Crippen molar-refractivity contribution < 1.29 is 19.1 Å². The lowest BCUT2D eigenvalue weighted by atomic mass is 9.76. The van der Waals surface area contributed by atoms with Crippen molar-refractivity contribution in [2.45, 2.75) is 18.0 Å². The lowest BCUT2D eigenvalue weighted by Gasteiger charge is -2.29. The number of anilines is 2. The molecule has 0 aliphatic carbocycles. The monoisotopic (exact) mass is 492 g/mol. The zero-order chi connectivity index (χ0) is 25.3. The van der Waals surface area contributed by atoms with E-state index in [0.29, 0.717) is 29.1 Å². The van der Waals surface area contributed by atoms with Crippen LogP contribution in [0.2, 0.25) is 0 Å². The number of nitrogens with one attached hydrogen (secondary N) is 3. The molecule has 1 spiro atoms. The van der Waals surface area contributed by atoms with Gasteiger partial charge in [0, 0.05) is 34.4 Å². The van der Waals surface area contributed by atoms with Crippen LogP contribution >= 0.6 is 0 Å². The number of hydrogen-bond acceptors (Lipinski definition) is 5. The first-order valence-corrected chi connectivity index (χ1v) is 12.3. The summed E-state index contributed by atoms with van der Waals surface area (Å²) in [5, 5.41) is 7.52. The summed E-state index contributed by atoms with van der Waals surface area (Å²) in [7, 11) is 1.56. The van der Waals surface area contributed by atoms with Gasteiger partial charge in [-0.05, 0) is 48.4 Å². The van der Waals surface area contributed by atoms with E-state index in [1.165, 1.54) is 4.90 Å². The number of para-hydroxylation sites is 2. The summed E-state index contributed by atoms with van der Waals surface area (Å²) >= 11 is 0. The van der Waals surface area contributed by atoms with Crippen LogP contribution in [0.15, 0.2) is 79.0 Å². The summed E-state index contributed by atoms with van der Waals surface area (Å²) in [4.78, 5) is 46.3. The molecule has 3 aliphatic rings. The number of ether oxygens (including phenoxy) is 1. The van der Waals surface area contributed by atoms with Gasteiger partial charge < -0.3 is 15.0 Å². The number of imide groups is 1. The molecule has 3 amide bonds. The minimum atomic E-state index is -1.33. The van der Waals surface area contributed by atoms with Crippen molar-refractivity contribution in [2.75, 3.05) is 17.3 Å².